The molecular formula is C25H34FN3O5S. The average molecular weight is 508 g/mol. The van der Waals surface area contributed by atoms with Crippen molar-refractivity contribution >= 4 is 27.5 Å². The summed E-state index contributed by atoms with van der Waals surface area (Å²) >= 11 is 0. The van der Waals surface area contributed by atoms with Gasteiger partial charge in [-0.15, -0.1) is 0 Å². The van der Waals surface area contributed by atoms with Crippen LogP contribution in [0.15, 0.2) is 48.5 Å². The van der Waals surface area contributed by atoms with Gasteiger partial charge in [0.05, 0.1) is 19.1 Å². The lowest BCUT2D eigenvalue weighted by Gasteiger charge is -2.29. The minimum Gasteiger partial charge on any atom is -0.497 e. The van der Waals surface area contributed by atoms with Crippen molar-refractivity contribution in [3.05, 3.63) is 59.9 Å². The number of ether oxygens (including phenoxy) is 1. The number of amides is 2. The van der Waals surface area contributed by atoms with Crippen molar-refractivity contribution in [2.75, 3.05) is 30.8 Å². The molecule has 0 saturated heterocycles. The highest BCUT2D eigenvalue weighted by Crippen LogP contribution is 2.20. The molecule has 2 rings (SSSR count). The summed E-state index contributed by atoms with van der Waals surface area (Å²) in [4.78, 5) is 27.3. The van der Waals surface area contributed by atoms with Crippen molar-refractivity contribution in [1.29, 1.82) is 0 Å². The van der Waals surface area contributed by atoms with Crippen molar-refractivity contribution in [2.24, 2.45) is 0 Å². The Labute approximate surface area is 207 Å². The van der Waals surface area contributed by atoms with E-state index in [1.807, 2.05) is 19.1 Å². The van der Waals surface area contributed by atoms with E-state index in [4.69, 9.17) is 4.74 Å². The van der Waals surface area contributed by atoms with Crippen molar-refractivity contribution < 1.29 is 27.1 Å². The van der Waals surface area contributed by atoms with E-state index in [9.17, 15) is 22.4 Å². The standard InChI is InChI=1S/C25H34FN3O5S/c1-5-16-27-25(31)19(2)28(18-20-8-14-23(34-3)15-9-20)24(30)7-6-17-29(35(4,32)33)22-12-10-21(26)11-13-22/h8-15,19H,5-7,16-18H2,1-4H3,(H,27,31)/t19-/m1/s1. The molecule has 0 radical (unpaired) electrons. The van der Waals surface area contributed by atoms with Gasteiger partial charge in [0.1, 0.15) is 17.6 Å². The number of halogens is 1. The molecule has 2 aromatic rings. The van der Waals surface area contributed by atoms with Crippen LogP contribution in [0.2, 0.25) is 0 Å². The molecule has 0 bridgehead atoms. The lowest BCUT2D eigenvalue weighted by Crippen LogP contribution is -2.47. The van der Waals surface area contributed by atoms with Gasteiger partial charge < -0.3 is 15.0 Å². The first-order valence-electron chi connectivity index (χ1n) is 11.5. The van der Waals surface area contributed by atoms with Gasteiger partial charge in [-0.25, -0.2) is 12.8 Å². The van der Waals surface area contributed by atoms with Crippen molar-refractivity contribution in [3.8, 4) is 5.75 Å². The number of hydrogen-bond acceptors (Lipinski definition) is 5. The number of nitrogens with zero attached hydrogens (tertiary/aromatic N) is 2. The first-order valence-corrected chi connectivity index (χ1v) is 13.3. The average Bonchev–Trinajstić information content (AvgIpc) is 2.83. The summed E-state index contributed by atoms with van der Waals surface area (Å²) in [6, 6.07) is 11.7. The smallest absolute Gasteiger partial charge is 0.242 e. The molecule has 0 aliphatic rings. The Morgan fingerprint density at radius 1 is 1.09 bits per heavy atom. The molecule has 2 aromatic carbocycles. The number of rotatable bonds is 13. The zero-order chi connectivity index (χ0) is 26.0. The molecule has 0 heterocycles. The van der Waals surface area contributed by atoms with E-state index in [1.54, 1.807) is 26.2 Å². The number of hydrogen-bond donors (Lipinski definition) is 1. The fourth-order valence-corrected chi connectivity index (χ4v) is 4.48. The van der Waals surface area contributed by atoms with Crippen LogP contribution in [-0.2, 0) is 26.2 Å². The summed E-state index contributed by atoms with van der Waals surface area (Å²) in [5, 5.41) is 2.82. The Bertz CT molecular complexity index is 1080. The Kier molecular flexibility index (Phi) is 10.5. The minimum absolute atomic E-state index is 0.0365. The topological polar surface area (TPSA) is 96.0 Å². The molecule has 192 valence electrons. The Balaban J connectivity index is 2.14. The highest BCUT2D eigenvalue weighted by molar-refractivity contribution is 7.92. The van der Waals surface area contributed by atoms with Gasteiger partial charge in [0.25, 0.3) is 0 Å². The summed E-state index contributed by atoms with van der Waals surface area (Å²) in [6.07, 6.45) is 2.10. The van der Waals surface area contributed by atoms with Gasteiger partial charge in [0.15, 0.2) is 0 Å². The predicted octanol–water partition coefficient (Wildman–Crippen LogP) is 3.32. The minimum atomic E-state index is -3.63. The molecule has 0 aromatic heterocycles. The second-order valence-electron chi connectivity index (χ2n) is 8.25. The van der Waals surface area contributed by atoms with Crippen LogP contribution < -0.4 is 14.4 Å². The Morgan fingerprint density at radius 2 is 1.71 bits per heavy atom. The van der Waals surface area contributed by atoms with E-state index in [0.717, 1.165) is 22.5 Å². The predicted molar refractivity (Wildman–Crippen MR) is 134 cm³/mol. The molecule has 0 spiro atoms. The maximum Gasteiger partial charge on any atom is 0.242 e. The number of methoxy groups -OCH3 is 1. The van der Waals surface area contributed by atoms with Gasteiger partial charge in [0, 0.05) is 26.1 Å². The highest BCUT2D eigenvalue weighted by Gasteiger charge is 2.26. The van der Waals surface area contributed by atoms with E-state index < -0.39 is 21.9 Å². The largest absolute Gasteiger partial charge is 0.497 e. The summed E-state index contributed by atoms with van der Waals surface area (Å²) in [7, 11) is -2.07. The summed E-state index contributed by atoms with van der Waals surface area (Å²) in [6.45, 7) is 4.39. The molecule has 1 N–H and O–H groups in total. The number of carbonyl (C=O) groups is 2. The summed E-state index contributed by atoms with van der Waals surface area (Å²) in [5.74, 6) is -0.311. The molecule has 2 amide bonds. The van der Waals surface area contributed by atoms with Gasteiger partial charge >= 0.3 is 0 Å². The number of nitrogens with one attached hydrogen (secondary N) is 1. The van der Waals surface area contributed by atoms with Gasteiger partial charge in [-0.1, -0.05) is 19.1 Å². The van der Waals surface area contributed by atoms with Crippen molar-refractivity contribution in [2.45, 2.75) is 45.7 Å². The highest BCUT2D eigenvalue weighted by atomic mass is 32.2. The number of carbonyl (C=O) groups excluding carboxylic acids is 2. The van der Waals surface area contributed by atoms with Crippen LogP contribution in [0.5, 0.6) is 5.75 Å². The van der Waals surface area contributed by atoms with E-state index in [2.05, 4.69) is 5.32 Å². The zero-order valence-corrected chi connectivity index (χ0v) is 21.5. The SMILES string of the molecule is CCCNC(=O)[C@@H](C)N(Cc1ccc(OC)cc1)C(=O)CCCN(c1ccc(F)cc1)S(C)(=O)=O. The fraction of sp³-hybridized carbons (Fsp3) is 0.440. The molecule has 10 heteroatoms. The molecule has 8 nitrogen and oxygen atoms in total. The molecule has 0 aliphatic heterocycles. The molecule has 1 atom stereocenters. The first-order chi connectivity index (χ1) is 16.6. The lowest BCUT2D eigenvalue weighted by atomic mass is 10.1. The molecule has 0 saturated carbocycles. The normalized spacial score (nSPS) is 12.0. The van der Waals surface area contributed by atoms with Crippen LogP contribution in [0.1, 0.15) is 38.7 Å². The number of anilines is 1. The van der Waals surface area contributed by atoms with Crippen LogP contribution in [0.4, 0.5) is 10.1 Å². The van der Waals surface area contributed by atoms with Crippen molar-refractivity contribution in [3.63, 3.8) is 0 Å². The van der Waals surface area contributed by atoms with E-state index >= 15 is 0 Å². The first kappa shape index (κ1) is 28.1. The van der Waals surface area contributed by atoms with Crippen LogP contribution in [0.25, 0.3) is 0 Å². The van der Waals surface area contributed by atoms with Crippen LogP contribution in [-0.4, -0.2) is 57.6 Å². The van der Waals surface area contributed by atoms with Crippen LogP contribution in [0, 0.1) is 5.82 Å². The number of benzene rings is 2. The molecule has 0 unspecified atom stereocenters. The van der Waals surface area contributed by atoms with Crippen molar-refractivity contribution in [1.82, 2.24) is 10.2 Å². The monoisotopic (exact) mass is 507 g/mol. The summed E-state index contributed by atoms with van der Waals surface area (Å²) < 4.78 is 44.2. The molecule has 35 heavy (non-hydrogen) atoms. The maximum atomic E-state index is 13.3. The van der Waals surface area contributed by atoms with Gasteiger partial charge in [0.2, 0.25) is 21.8 Å². The second kappa shape index (κ2) is 13.1. The Hall–Kier alpha value is -3.14. The third-order valence-electron chi connectivity index (χ3n) is 5.50. The Morgan fingerprint density at radius 3 is 2.26 bits per heavy atom. The zero-order valence-electron chi connectivity index (χ0n) is 20.7. The third kappa shape index (κ3) is 8.54. The lowest BCUT2D eigenvalue weighted by molar-refractivity contribution is -0.140. The van der Waals surface area contributed by atoms with Crippen LogP contribution in [0.3, 0.4) is 0 Å². The fourth-order valence-electron chi connectivity index (χ4n) is 3.52. The van der Waals surface area contributed by atoms with E-state index in [-0.39, 0.29) is 37.7 Å². The third-order valence-corrected chi connectivity index (χ3v) is 6.69. The molecular weight excluding hydrogens is 473 g/mol. The second-order valence-corrected chi connectivity index (χ2v) is 10.2. The van der Waals surface area contributed by atoms with Gasteiger partial charge in [-0.3, -0.25) is 13.9 Å². The number of sulfonamides is 1. The quantitative estimate of drug-likeness (QED) is 0.449. The van der Waals surface area contributed by atoms with Gasteiger partial charge in [-0.2, -0.15) is 0 Å². The maximum absolute atomic E-state index is 13.3. The molecule has 0 aliphatic carbocycles. The van der Waals surface area contributed by atoms with Crippen LogP contribution >= 0.6 is 0 Å². The van der Waals surface area contributed by atoms with Gasteiger partial charge in [-0.05, 0) is 61.7 Å². The molecule has 0 fully saturated rings. The van der Waals surface area contributed by atoms with E-state index in [1.165, 1.54) is 29.2 Å². The summed E-state index contributed by atoms with van der Waals surface area (Å²) in [5.41, 5.74) is 1.15. The van der Waals surface area contributed by atoms with E-state index in [0.29, 0.717) is 18.0 Å².